The van der Waals surface area contributed by atoms with Crippen LogP contribution < -0.4 is 0 Å². The monoisotopic (exact) mass is 314 g/mol. The van der Waals surface area contributed by atoms with E-state index in [0.717, 1.165) is 6.07 Å². The molecule has 1 rings (SSSR count). The van der Waals surface area contributed by atoms with Crippen molar-refractivity contribution in [2.45, 2.75) is 13.1 Å². The molecule has 88 valence electrons. The van der Waals surface area contributed by atoms with Gasteiger partial charge in [0.05, 0.1) is 15.9 Å². The van der Waals surface area contributed by atoms with E-state index in [4.69, 9.17) is 11.6 Å². The summed E-state index contributed by atoms with van der Waals surface area (Å²) < 4.78 is 37.6. The molecule has 0 aliphatic heterocycles. The Morgan fingerprint density at radius 1 is 1.44 bits per heavy atom. The molecular weight excluding hydrogens is 308 g/mol. The molecule has 0 amide bonds. The molecule has 0 aromatic heterocycles. The van der Waals surface area contributed by atoms with E-state index in [9.17, 15) is 18.0 Å². The van der Waals surface area contributed by atoms with Crippen LogP contribution in [-0.4, -0.2) is 11.1 Å². The van der Waals surface area contributed by atoms with Crippen molar-refractivity contribution >= 4 is 33.3 Å². The van der Waals surface area contributed by atoms with Crippen LogP contribution in [0.1, 0.15) is 21.5 Å². The Bertz CT molecular complexity index is 429. The van der Waals surface area contributed by atoms with Crippen molar-refractivity contribution < 1.29 is 18.0 Å². The predicted molar refractivity (Wildman–Crippen MR) is 59.3 cm³/mol. The van der Waals surface area contributed by atoms with E-state index >= 15 is 0 Å². The van der Waals surface area contributed by atoms with Gasteiger partial charge in [-0.15, -0.1) is 0 Å². The molecule has 16 heavy (non-hydrogen) atoms. The first-order valence-electron chi connectivity index (χ1n) is 4.24. The molecule has 0 fully saturated rings. The lowest BCUT2D eigenvalue weighted by molar-refractivity contribution is -0.137. The van der Waals surface area contributed by atoms with Crippen molar-refractivity contribution in [1.29, 1.82) is 0 Å². The topological polar surface area (TPSA) is 17.1 Å². The van der Waals surface area contributed by atoms with Crippen molar-refractivity contribution in [3.05, 3.63) is 33.8 Å². The number of halogens is 5. The Hall–Kier alpha value is -0.550. The molecule has 0 N–H and O–H groups in total. The number of benzene rings is 1. The van der Waals surface area contributed by atoms with Gasteiger partial charge in [0.25, 0.3) is 0 Å². The Balaban J connectivity index is 3.45. The summed E-state index contributed by atoms with van der Waals surface area (Å²) in [6, 6.07) is 2.12. The standard InChI is InChI=1S/C10H7BrClF3O/c1-5-2-3-6(10(13,14)15)9(12)8(5)7(16)4-11/h2-3H,4H2,1H3. The predicted octanol–water partition coefficient (Wildman–Crippen LogP) is 4.24. The smallest absolute Gasteiger partial charge is 0.293 e. The molecule has 0 aliphatic carbocycles. The maximum atomic E-state index is 12.5. The zero-order chi connectivity index (χ0) is 12.5. The molecule has 1 aromatic carbocycles. The fourth-order valence-electron chi connectivity index (χ4n) is 1.30. The summed E-state index contributed by atoms with van der Waals surface area (Å²) in [4.78, 5) is 11.4. The lowest BCUT2D eigenvalue weighted by atomic mass is 10.0. The number of alkyl halides is 4. The highest BCUT2D eigenvalue weighted by molar-refractivity contribution is 9.09. The molecule has 0 atom stereocenters. The third kappa shape index (κ3) is 2.58. The largest absolute Gasteiger partial charge is 0.417 e. The number of carbonyl (C=O) groups excluding carboxylic acids is 1. The first kappa shape index (κ1) is 13.5. The second-order valence-electron chi connectivity index (χ2n) is 3.17. The molecule has 6 heteroatoms. The lowest BCUT2D eigenvalue weighted by Gasteiger charge is -2.13. The molecule has 1 aromatic rings. The Labute approximate surface area is 104 Å². The van der Waals surface area contributed by atoms with E-state index in [0.29, 0.717) is 5.56 Å². The van der Waals surface area contributed by atoms with Crippen LogP contribution in [-0.2, 0) is 6.18 Å². The van der Waals surface area contributed by atoms with Gasteiger partial charge in [-0.3, -0.25) is 4.79 Å². The van der Waals surface area contributed by atoms with Crippen LogP contribution in [0.2, 0.25) is 5.02 Å². The van der Waals surface area contributed by atoms with E-state index in [-0.39, 0.29) is 10.9 Å². The summed E-state index contributed by atoms with van der Waals surface area (Å²) in [5.74, 6) is -0.464. The highest BCUT2D eigenvalue weighted by Crippen LogP contribution is 2.37. The van der Waals surface area contributed by atoms with Gasteiger partial charge in [-0.05, 0) is 18.6 Å². The summed E-state index contributed by atoms with van der Waals surface area (Å²) in [5, 5.41) is -0.591. The average Bonchev–Trinajstić information content (AvgIpc) is 2.15. The minimum atomic E-state index is -4.55. The van der Waals surface area contributed by atoms with Crippen molar-refractivity contribution in [3.63, 3.8) is 0 Å². The maximum absolute atomic E-state index is 12.5. The second-order valence-corrected chi connectivity index (χ2v) is 4.11. The SMILES string of the molecule is Cc1ccc(C(F)(F)F)c(Cl)c1C(=O)CBr. The molecule has 0 aliphatic rings. The number of aryl methyl sites for hydroxylation is 1. The fourth-order valence-corrected chi connectivity index (χ4v) is 2.01. The highest BCUT2D eigenvalue weighted by Gasteiger charge is 2.35. The summed E-state index contributed by atoms with van der Waals surface area (Å²) in [6.45, 7) is 1.54. The van der Waals surface area contributed by atoms with Crippen LogP contribution in [0, 0.1) is 6.92 Å². The van der Waals surface area contributed by atoms with Crippen LogP contribution in [0.5, 0.6) is 0 Å². The Morgan fingerprint density at radius 3 is 2.44 bits per heavy atom. The number of hydrogen-bond donors (Lipinski definition) is 0. The summed E-state index contributed by atoms with van der Waals surface area (Å²) in [7, 11) is 0. The summed E-state index contributed by atoms with van der Waals surface area (Å²) >= 11 is 8.52. The molecule has 0 bridgehead atoms. The number of rotatable bonds is 2. The van der Waals surface area contributed by atoms with E-state index < -0.39 is 22.5 Å². The number of carbonyl (C=O) groups is 1. The van der Waals surface area contributed by atoms with Crippen molar-refractivity contribution in [1.82, 2.24) is 0 Å². The normalized spacial score (nSPS) is 11.6. The molecule has 1 nitrogen and oxygen atoms in total. The van der Waals surface area contributed by atoms with Crippen LogP contribution in [0.4, 0.5) is 13.2 Å². The first-order valence-corrected chi connectivity index (χ1v) is 5.74. The molecule has 0 heterocycles. The van der Waals surface area contributed by atoms with Crippen molar-refractivity contribution in [3.8, 4) is 0 Å². The zero-order valence-corrected chi connectivity index (χ0v) is 10.5. The molecule has 0 spiro atoms. The second kappa shape index (κ2) is 4.75. The van der Waals surface area contributed by atoms with Gasteiger partial charge in [-0.25, -0.2) is 0 Å². The van der Waals surface area contributed by atoms with Crippen LogP contribution >= 0.6 is 27.5 Å². The number of ketones is 1. The van der Waals surface area contributed by atoms with E-state index in [2.05, 4.69) is 15.9 Å². The highest BCUT2D eigenvalue weighted by atomic mass is 79.9. The summed E-state index contributed by atoms with van der Waals surface area (Å²) in [5.41, 5.74) is -0.625. The third-order valence-electron chi connectivity index (χ3n) is 2.06. The molecule has 0 radical (unpaired) electrons. The molecular formula is C10H7BrClF3O. The van der Waals surface area contributed by atoms with Crippen LogP contribution in [0.15, 0.2) is 12.1 Å². The van der Waals surface area contributed by atoms with E-state index in [1.54, 1.807) is 6.92 Å². The molecule has 0 unspecified atom stereocenters. The minimum absolute atomic E-state index is 0.0606. The van der Waals surface area contributed by atoms with E-state index in [1.165, 1.54) is 6.07 Å². The number of Topliss-reactive ketones (excluding diaryl/α,β-unsaturated/α-hetero) is 1. The maximum Gasteiger partial charge on any atom is 0.417 e. The van der Waals surface area contributed by atoms with Gasteiger partial charge in [0, 0.05) is 5.56 Å². The first-order chi connectivity index (χ1) is 7.29. The van der Waals surface area contributed by atoms with Gasteiger partial charge in [0.2, 0.25) is 0 Å². The van der Waals surface area contributed by atoms with Gasteiger partial charge in [-0.2, -0.15) is 13.2 Å². The summed E-state index contributed by atoms with van der Waals surface area (Å²) in [6.07, 6.45) is -4.55. The van der Waals surface area contributed by atoms with Crippen LogP contribution in [0.25, 0.3) is 0 Å². The lowest BCUT2D eigenvalue weighted by Crippen LogP contribution is -2.11. The van der Waals surface area contributed by atoms with Gasteiger partial charge in [0.15, 0.2) is 5.78 Å². The van der Waals surface area contributed by atoms with Gasteiger partial charge in [0.1, 0.15) is 0 Å². The van der Waals surface area contributed by atoms with E-state index in [1.807, 2.05) is 0 Å². The van der Waals surface area contributed by atoms with Gasteiger partial charge >= 0.3 is 6.18 Å². The average molecular weight is 316 g/mol. The van der Waals surface area contributed by atoms with Crippen molar-refractivity contribution in [2.24, 2.45) is 0 Å². The number of hydrogen-bond acceptors (Lipinski definition) is 1. The zero-order valence-electron chi connectivity index (χ0n) is 8.16. The van der Waals surface area contributed by atoms with Gasteiger partial charge in [-0.1, -0.05) is 33.6 Å². The fraction of sp³-hybridized carbons (Fsp3) is 0.300. The Kier molecular flexibility index (Phi) is 4.02. The third-order valence-corrected chi connectivity index (χ3v) is 2.96. The minimum Gasteiger partial charge on any atom is -0.293 e. The molecule has 0 saturated carbocycles. The van der Waals surface area contributed by atoms with Crippen molar-refractivity contribution in [2.75, 3.05) is 5.33 Å². The quantitative estimate of drug-likeness (QED) is 0.589. The molecule has 0 saturated heterocycles. The van der Waals surface area contributed by atoms with Gasteiger partial charge < -0.3 is 0 Å². The Morgan fingerprint density at radius 2 is 2.00 bits per heavy atom. The van der Waals surface area contributed by atoms with Crippen LogP contribution in [0.3, 0.4) is 0 Å².